The smallest absolute Gasteiger partial charge is 0.251 e. The van der Waals surface area contributed by atoms with E-state index in [2.05, 4.69) is 20.5 Å². The minimum absolute atomic E-state index is 0.235. The first-order valence-electron chi connectivity index (χ1n) is 8.19. The second kappa shape index (κ2) is 8.31. The molecule has 3 N–H and O–H groups in total. The van der Waals surface area contributed by atoms with E-state index in [0.717, 1.165) is 11.4 Å². The number of nitrogens with zero attached hydrogens (tertiary/aromatic N) is 4. The first-order valence-corrected chi connectivity index (χ1v) is 9.95. The molecule has 3 aromatic heterocycles. The molecule has 3 rings (SSSR count). The van der Waals surface area contributed by atoms with E-state index in [9.17, 15) is 9.59 Å². The number of nitrogens with two attached hydrogens (primary N) is 1. The van der Waals surface area contributed by atoms with Crippen molar-refractivity contribution in [3.05, 3.63) is 41.5 Å². The van der Waals surface area contributed by atoms with Crippen molar-refractivity contribution in [3.8, 4) is 11.4 Å². The van der Waals surface area contributed by atoms with Gasteiger partial charge < -0.3 is 15.6 Å². The molecular formula is C17H18N6O2S2. The summed E-state index contributed by atoms with van der Waals surface area (Å²) in [4.78, 5) is 27.9. The molecule has 0 aliphatic heterocycles. The topological polar surface area (TPSA) is 116 Å². The van der Waals surface area contributed by atoms with Gasteiger partial charge in [0.25, 0.3) is 5.91 Å². The normalized spacial score (nSPS) is 11.9. The Hall–Kier alpha value is -2.72. The third kappa shape index (κ3) is 4.17. The molecule has 0 aliphatic carbocycles. The lowest BCUT2D eigenvalue weighted by atomic mass is 10.2. The summed E-state index contributed by atoms with van der Waals surface area (Å²) < 4.78 is 1.95. The zero-order valence-corrected chi connectivity index (χ0v) is 16.4. The molecular weight excluding hydrogens is 384 g/mol. The van der Waals surface area contributed by atoms with E-state index in [1.165, 1.54) is 23.1 Å². The molecule has 0 unspecified atom stereocenters. The van der Waals surface area contributed by atoms with Gasteiger partial charge >= 0.3 is 0 Å². The van der Waals surface area contributed by atoms with Crippen LogP contribution < -0.4 is 11.1 Å². The lowest BCUT2D eigenvalue weighted by molar-refractivity contribution is -0.115. The molecule has 10 heteroatoms. The average Bonchev–Trinajstić information content (AvgIpc) is 3.29. The van der Waals surface area contributed by atoms with Crippen LogP contribution >= 0.6 is 23.1 Å². The molecule has 0 aromatic carbocycles. The minimum atomic E-state index is -0.570. The van der Waals surface area contributed by atoms with Gasteiger partial charge in [-0.25, -0.2) is 0 Å². The van der Waals surface area contributed by atoms with Crippen LogP contribution in [0.2, 0.25) is 0 Å². The summed E-state index contributed by atoms with van der Waals surface area (Å²) in [6, 6.07) is 5.32. The number of aromatic nitrogens is 4. The first-order chi connectivity index (χ1) is 13.0. The quantitative estimate of drug-likeness (QED) is 0.587. The fourth-order valence-electron chi connectivity index (χ4n) is 2.40. The van der Waals surface area contributed by atoms with E-state index < -0.39 is 11.2 Å². The molecule has 0 spiro atoms. The van der Waals surface area contributed by atoms with E-state index in [-0.39, 0.29) is 5.91 Å². The molecule has 2 amide bonds. The highest BCUT2D eigenvalue weighted by Gasteiger charge is 2.22. The number of thiophene rings is 1. The Bertz CT molecular complexity index is 954. The van der Waals surface area contributed by atoms with E-state index in [4.69, 9.17) is 5.73 Å². The summed E-state index contributed by atoms with van der Waals surface area (Å²) in [5.41, 5.74) is 6.53. The number of thioether (sulfide) groups is 1. The number of carbonyl (C=O) groups is 2. The molecule has 8 nitrogen and oxygen atoms in total. The predicted octanol–water partition coefficient (Wildman–Crippen LogP) is 2.64. The number of rotatable bonds is 7. The predicted molar refractivity (Wildman–Crippen MR) is 106 cm³/mol. The molecule has 0 saturated carbocycles. The van der Waals surface area contributed by atoms with Gasteiger partial charge in [-0.15, -0.1) is 21.5 Å². The first kappa shape index (κ1) is 19.1. The number of pyridine rings is 1. The van der Waals surface area contributed by atoms with Crippen LogP contribution in [0.3, 0.4) is 0 Å². The van der Waals surface area contributed by atoms with Crippen molar-refractivity contribution in [1.29, 1.82) is 0 Å². The number of primary amides is 1. The summed E-state index contributed by atoms with van der Waals surface area (Å²) >= 11 is 2.56. The molecule has 3 aromatic rings. The molecule has 0 fully saturated rings. The SMILES string of the molecule is CCn1c(S[C@H](C)C(=O)Nc2sccc2C(N)=O)nnc1-c1ccncc1. The summed E-state index contributed by atoms with van der Waals surface area (Å²) in [5, 5.41) is 13.6. The fraction of sp³-hybridized carbons (Fsp3) is 0.235. The Balaban J connectivity index is 1.75. The Morgan fingerprint density at radius 2 is 2.04 bits per heavy atom. The van der Waals surface area contributed by atoms with Gasteiger partial charge in [-0.2, -0.15) is 0 Å². The van der Waals surface area contributed by atoms with Crippen LogP contribution in [0.4, 0.5) is 5.00 Å². The minimum Gasteiger partial charge on any atom is -0.366 e. The van der Waals surface area contributed by atoms with E-state index in [1.807, 2.05) is 23.6 Å². The van der Waals surface area contributed by atoms with Gasteiger partial charge in [0.2, 0.25) is 5.91 Å². The van der Waals surface area contributed by atoms with Gasteiger partial charge in [-0.05, 0) is 37.4 Å². The maximum atomic E-state index is 12.5. The number of hydrogen-bond acceptors (Lipinski definition) is 7. The van der Waals surface area contributed by atoms with Crippen molar-refractivity contribution in [2.75, 3.05) is 5.32 Å². The number of anilines is 1. The summed E-state index contributed by atoms with van der Waals surface area (Å²) in [7, 11) is 0. The highest BCUT2D eigenvalue weighted by molar-refractivity contribution is 8.00. The Morgan fingerprint density at radius 1 is 1.30 bits per heavy atom. The zero-order valence-electron chi connectivity index (χ0n) is 14.7. The number of hydrogen-bond donors (Lipinski definition) is 2. The molecule has 0 radical (unpaired) electrons. The Morgan fingerprint density at radius 3 is 2.70 bits per heavy atom. The molecule has 0 bridgehead atoms. The summed E-state index contributed by atoms with van der Waals surface area (Å²) in [5.74, 6) is -0.0788. The molecule has 3 heterocycles. The van der Waals surface area contributed by atoms with Crippen molar-refractivity contribution in [2.24, 2.45) is 5.73 Å². The van der Waals surface area contributed by atoms with E-state index in [1.54, 1.807) is 30.8 Å². The van der Waals surface area contributed by atoms with Crippen molar-refractivity contribution in [3.63, 3.8) is 0 Å². The third-order valence-corrected chi connectivity index (χ3v) is 5.70. The maximum Gasteiger partial charge on any atom is 0.251 e. The summed E-state index contributed by atoms with van der Waals surface area (Å²) in [6.07, 6.45) is 3.40. The molecule has 140 valence electrons. The molecule has 0 aliphatic rings. The largest absolute Gasteiger partial charge is 0.366 e. The maximum absolute atomic E-state index is 12.5. The highest BCUT2D eigenvalue weighted by atomic mass is 32.2. The second-order valence-electron chi connectivity index (χ2n) is 5.56. The van der Waals surface area contributed by atoms with Gasteiger partial charge in [-0.1, -0.05) is 11.8 Å². The van der Waals surface area contributed by atoms with Crippen LogP contribution in [0.15, 0.2) is 41.1 Å². The zero-order chi connectivity index (χ0) is 19.4. The fourth-order valence-corrected chi connectivity index (χ4v) is 4.11. The second-order valence-corrected chi connectivity index (χ2v) is 7.79. The van der Waals surface area contributed by atoms with Crippen LogP contribution in [0.5, 0.6) is 0 Å². The lowest BCUT2D eigenvalue weighted by Gasteiger charge is -2.12. The van der Waals surface area contributed by atoms with Crippen LogP contribution in [0.1, 0.15) is 24.2 Å². The van der Waals surface area contributed by atoms with Crippen molar-refractivity contribution in [1.82, 2.24) is 19.7 Å². The molecule has 1 atom stereocenters. The van der Waals surface area contributed by atoms with Crippen molar-refractivity contribution < 1.29 is 9.59 Å². The van der Waals surface area contributed by atoms with Gasteiger partial charge in [0.1, 0.15) is 5.00 Å². The number of carbonyl (C=O) groups excluding carboxylic acids is 2. The van der Waals surface area contributed by atoms with Crippen molar-refractivity contribution >= 4 is 39.9 Å². The monoisotopic (exact) mass is 402 g/mol. The molecule has 27 heavy (non-hydrogen) atoms. The van der Waals surface area contributed by atoms with Gasteiger partial charge in [0, 0.05) is 24.5 Å². The van der Waals surface area contributed by atoms with Crippen LogP contribution in [-0.2, 0) is 11.3 Å². The van der Waals surface area contributed by atoms with Gasteiger partial charge in [-0.3, -0.25) is 14.6 Å². The van der Waals surface area contributed by atoms with Crippen LogP contribution in [0, 0.1) is 0 Å². The average molecular weight is 403 g/mol. The highest BCUT2D eigenvalue weighted by Crippen LogP contribution is 2.28. The Kier molecular flexibility index (Phi) is 5.87. The lowest BCUT2D eigenvalue weighted by Crippen LogP contribution is -2.24. The van der Waals surface area contributed by atoms with Gasteiger partial charge in [0.15, 0.2) is 11.0 Å². The number of nitrogens with one attached hydrogen (secondary N) is 1. The third-order valence-electron chi connectivity index (χ3n) is 3.79. The summed E-state index contributed by atoms with van der Waals surface area (Å²) in [6.45, 7) is 4.43. The van der Waals surface area contributed by atoms with E-state index in [0.29, 0.717) is 22.3 Å². The number of amides is 2. The standard InChI is InChI=1S/C17H18N6O2S2/c1-3-23-14(11-4-7-19-8-5-11)21-22-17(23)27-10(2)15(25)20-16-12(13(18)24)6-9-26-16/h4-10H,3H2,1-2H3,(H2,18,24)(H,20,25)/t10-/m1/s1. The van der Waals surface area contributed by atoms with Crippen LogP contribution in [0.25, 0.3) is 11.4 Å². The Labute approximate surface area is 164 Å². The van der Waals surface area contributed by atoms with E-state index >= 15 is 0 Å². The van der Waals surface area contributed by atoms with Crippen LogP contribution in [-0.4, -0.2) is 36.8 Å². The molecule has 0 saturated heterocycles. The van der Waals surface area contributed by atoms with Gasteiger partial charge in [0.05, 0.1) is 10.8 Å². The van der Waals surface area contributed by atoms with Crippen molar-refractivity contribution in [2.45, 2.75) is 30.8 Å².